The van der Waals surface area contributed by atoms with E-state index in [2.05, 4.69) is 5.16 Å². The average molecular weight is 492 g/mol. The van der Waals surface area contributed by atoms with Crippen molar-refractivity contribution in [1.29, 1.82) is 0 Å². The molecule has 0 saturated carbocycles. The molecule has 7 nitrogen and oxygen atoms in total. The molecule has 0 radical (unpaired) electrons. The van der Waals surface area contributed by atoms with Crippen molar-refractivity contribution in [3.8, 4) is 5.75 Å². The molecule has 0 saturated heterocycles. The average Bonchev–Trinajstić information content (AvgIpc) is 3.27. The Kier molecular flexibility index (Phi) is 5.98. The predicted octanol–water partition coefficient (Wildman–Crippen LogP) is 3.73. The Balaban J connectivity index is 1.85. The van der Waals surface area contributed by atoms with Crippen molar-refractivity contribution in [2.24, 2.45) is 5.16 Å². The van der Waals surface area contributed by atoms with Gasteiger partial charge in [0.15, 0.2) is 15.1 Å². The summed E-state index contributed by atoms with van der Waals surface area (Å²) in [5, 5.41) is 2.68. The fourth-order valence-corrected chi connectivity index (χ4v) is 7.39. The van der Waals surface area contributed by atoms with Gasteiger partial charge in [-0.3, -0.25) is 0 Å². The molecule has 0 bridgehead atoms. The number of halogens is 1. The van der Waals surface area contributed by atoms with Gasteiger partial charge in [0.05, 0.1) is 16.9 Å². The molecule has 3 aromatic rings. The maximum absolute atomic E-state index is 13.6. The first-order chi connectivity index (χ1) is 15.2. The Morgan fingerprint density at radius 3 is 2.00 bits per heavy atom. The molecule has 0 fully saturated rings. The van der Waals surface area contributed by atoms with E-state index in [4.69, 9.17) is 21.2 Å². The van der Waals surface area contributed by atoms with Crippen molar-refractivity contribution in [3.63, 3.8) is 0 Å². The van der Waals surface area contributed by atoms with Crippen molar-refractivity contribution < 1.29 is 26.4 Å². The van der Waals surface area contributed by atoms with Gasteiger partial charge >= 0.3 is 0 Å². The second-order valence-electron chi connectivity index (χ2n) is 6.96. The third kappa shape index (κ3) is 3.99. The molecule has 3 aromatic carbocycles. The zero-order valence-corrected chi connectivity index (χ0v) is 19.1. The SMILES string of the molecule is COc1ccc(C2=NO[C@@H](S(=O)(=O)c3ccc(Cl)cc3)[C@@H]2S(=O)(=O)c2ccccc2)cc1. The van der Waals surface area contributed by atoms with Crippen molar-refractivity contribution in [2.75, 3.05) is 7.11 Å². The zero-order chi connectivity index (χ0) is 22.9. The molecule has 32 heavy (non-hydrogen) atoms. The number of ether oxygens (including phenoxy) is 1. The fourth-order valence-electron chi connectivity index (χ4n) is 3.35. The van der Waals surface area contributed by atoms with Crippen LogP contribution in [0.25, 0.3) is 0 Å². The van der Waals surface area contributed by atoms with Crippen molar-refractivity contribution >= 4 is 37.0 Å². The Morgan fingerprint density at radius 2 is 1.41 bits per heavy atom. The summed E-state index contributed by atoms with van der Waals surface area (Å²) < 4.78 is 59.1. The number of nitrogens with zero attached hydrogens (tertiary/aromatic N) is 1. The monoisotopic (exact) mass is 491 g/mol. The number of hydrogen-bond donors (Lipinski definition) is 0. The van der Waals surface area contributed by atoms with Crippen LogP contribution in [0.15, 0.2) is 93.8 Å². The van der Waals surface area contributed by atoms with Crippen LogP contribution in [0.3, 0.4) is 0 Å². The summed E-state index contributed by atoms with van der Waals surface area (Å²) in [7, 11) is -6.94. The van der Waals surface area contributed by atoms with Gasteiger partial charge in [0.2, 0.25) is 9.84 Å². The minimum Gasteiger partial charge on any atom is -0.497 e. The summed E-state index contributed by atoms with van der Waals surface area (Å²) in [6.07, 6.45) is 0. The summed E-state index contributed by atoms with van der Waals surface area (Å²) in [6, 6.07) is 19.5. The van der Waals surface area contributed by atoms with Gasteiger partial charge in [0.1, 0.15) is 11.5 Å². The summed E-state index contributed by atoms with van der Waals surface area (Å²) in [5.41, 5.74) is -1.37. The molecule has 0 spiro atoms. The fraction of sp³-hybridized carbons (Fsp3) is 0.136. The van der Waals surface area contributed by atoms with Gasteiger partial charge in [0.25, 0.3) is 5.44 Å². The van der Waals surface area contributed by atoms with E-state index in [0.29, 0.717) is 16.3 Å². The van der Waals surface area contributed by atoms with E-state index in [1.807, 2.05) is 0 Å². The highest BCUT2D eigenvalue weighted by molar-refractivity contribution is 7.96. The molecule has 0 aliphatic carbocycles. The number of benzene rings is 3. The lowest BCUT2D eigenvalue weighted by Gasteiger charge is -2.20. The number of oxime groups is 1. The third-order valence-electron chi connectivity index (χ3n) is 5.01. The Labute approximate surface area is 191 Å². The topological polar surface area (TPSA) is 99.1 Å². The predicted molar refractivity (Wildman–Crippen MR) is 120 cm³/mol. The highest BCUT2D eigenvalue weighted by Gasteiger charge is 2.52. The lowest BCUT2D eigenvalue weighted by Crippen LogP contribution is -2.42. The molecule has 0 amide bonds. The van der Waals surface area contributed by atoms with Crippen LogP contribution in [-0.4, -0.2) is 40.3 Å². The van der Waals surface area contributed by atoms with Gasteiger partial charge in [-0.05, 0) is 60.7 Å². The first-order valence-electron chi connectivity index (χ1n) is 9.41. The van der Waals surface area contributed by atoms with Crippen molar-refractivity contribution in [3.05, 3.63) is 89.4 Å². The number of hydrogen-bond acceptors (Lipinski definition) is 7. The van der Waals surface area contributed by atoms with Gasteiger partial charge < -0.3 is 9.57 Å². The van der Waals surface area contributed by atoms with Crippen LogP contribution < -0.4 is 4.74 Å². The number of sulfone groups is 2. The maximum Gasteiger partial charge on any atom is 0.254 e. The van der Waals surface area contributed by atoms with Gasteiger partial charge in [-0.1, -0.05) is 35.0 Å². The normalized spacial score (nSPS) is 18.6. The Bertz CT molecular complexity index is 1350. The molecular weight excluding hydrogens is 474 g/mol. The molecule has 0 unspecified atom stereocenters. The smallest absolute Gasteiger partial charge is 0.254 e. The first-order valence-corrected chi connectivity index (χ1v) is 12.9. The van der Waals surface area contributed by atoms with E-state index in [1.165, 1.54) is 43.5 Å². The van der Waals surface area contributed by atoms with Crippen molar-refractivity contribution in [1.82, 2.24) is 0 Å². The van der Waals surface area contributed by atoms with E-state index in [-0.39, 0.29) is 15.5 Å². The summed E-state index contributed by atoms with van der Waals surface area (Å²) in [4.78, 5) is 5.15. The molecular formula is C22H18ClNO6S2. The lowest BCUT2D eigenvalue weighted by molar-refractivity contribution is 0.141. The summed E-state index contributed by atoms with van der Waals surface area (Å²) >= 11 is 5.88. The standard InChI is InChI=1S/C22H18ClNO6S2/c1-29-17-11-7-15(8-12-17)20-21(31(25,26)18-5-3-2-4-6-18)22(30-24-20)32(27,28)19-13-9-16(23)10-14-19/h2-14,21-22H,1H3/t21-,22+/m1/s1. The van der Waals surface area contributed by atoms with Crippen LogP contribution >= 0.6 is 11.6 Å². The van der Waals surface area contributed by atoms with E-state index in [0.717, 1.165) is 0 Å². The lowest BCUT2D eigenvalue weighted by atomic mass is 10.1. The first kappa shape index (κ1) is 22.3. The van der Waals surface area contributed by atoms with E-state index < -0.39 is 30.4 Å². The van der Waals surface area contributed by atoms with Crippen LogP contribution in [0, 0.1) is 0 Å². The van der Waals surface area contributed by atoms with Gasteiger partial charge in [0, 0.05) is 10.6 Å². The number of methoxy groups -OCH3 is 1. The van der Waals surface area contributed by atoms with Gasteiger partial charge in [-0.15, -0.1) is 0 Å². The Morgan fingerprint density at radius 1 is 0.812 bits per heavy atom. The van der Waals surface area contributed by atoms with Crippen LogP contribution in [0.4, 0.5) is 0 Å². The summed E-state index contributed by atoms with van der Waals surface area (Å²) in [6.45, 7) is 0. The molecule has 1 aliphatic heterocycles. The maximum atomic E-state index is 13.6. The van der Waals surface area contributed by atoms with Gasteiger partial charge in [-0.25, -0.2) is 16.8 Å². The molecule has 2 atom stereocenters. The van der Waals surface area contributed by atoms with Crippen LogP contribution in [-0.2, 0) is 24.5 Å². The van der Waals surface area contributed by atoms with E-state index in [9.17, 15) is 16.8 Å². The van der Waals surface area contributed by atoms with E-state index >= 15 is 0 Å². The third-order valence-corrected chi connectivity index (χ3v) is 9.40. The van der Waals surface area contributed by atoms with E-state index in [1.54, 1.807) is 42.5 Å². The highest BCUT2D eigenvalue weighted by atomic mass is 35.5. The van der Waals surface area contributed by atoms with Gasteiger partial charge in [-0.2, -0.15) is 0 Å². The molecule has 4 rings (SSSR count). The second kappa shape index (κ2) is 8.57. The molecule has 10 heteroatoms. The minimum absolute atomic E-state index is 0.000885. The second-order valence-corrected chi connectivity index (χ2v) is 11.5. The largest absolute Gasteiger partial charge is 0.497 e. The minimum atomic E-state index is -4.25. The molecule has 1 heterocycles. The quantitative estimate of drug-likeness (QED) is 0.521. The van der Waals surface area contributed by atoms with Crippen molar-refractivity contribution in [2.45, 2.75) is 20.5 Å². The summed E-state index contributed by atoms with van der Waals surface area (Å²) in [5.74, 6) is 0.557. The zero-order valence-electron chi connectivity index (χ0n) is 16.8. The number of rotatable bonds is 6. The van der Waals surface area contributed by atoms with Crippen LogP contribution in [0.1, 0.15) is 5.56 Å². The molecule has 166 valence electrons. The van der Waals surface area contributed by atoms with Crippen LogP contribution in [0.2, 0.25) is 5.02 Å². The molecule has 1 aliphatic rings. The highest BCUT2D eigenvalue weighted by Crippen LogP contribution is 2.34. The molecule has 0 aromatic heterocycles. The Hall–Kier alpha value is -2.88. The molecule has 0 N–H and O–H groups in total. The van der Waals surface area contributed by atoms with Crippen LogP contribution in [0.5, 0.6) is 5.75 Å².